The molecule has 2 aliphatic rings. The fourth-order valence-corrected chi connectivity index (χ4v) is 3.44. The van der Waals surface area contributed by atoms with E-state index in [4.69, 9.17) is 0 Å². The van der Waals surface area contributed by atoms with Crippen LogP contribution >= 0.6 is 28.3 Å². The predicted octanol–water partition coefficient (Wildman–Crippen LogP) is 2.79. The summed E-state index contributed by atoms with van der Waals surface area (Å²) in [5.74, 6) is 0.930. The van der Waals surface area contributed by atoms with E-state index in [-0.39, 0.29) is 12.4 Å². The first-order valence-electron chi connectivity index (χ1n) is 6.19. The Morgan fingerprint density at radius 2 is 2.17 bits per heavy atom. The second-order valence-electron chi connectivity index (χ2n) is 5.48. The van der Waals surface area contributed by atoms with E-state index in [9.17, 15) is 0 Å². The van der Waals surface area contributed by atoms with E-state index in [1.165, 1.54) is 18.5 Å². The molecule has 2 fully saturated rings. The molecule has 3 nitrogen and oxygen atoms in total. The molecule has 0 aromatic carbocycles. The number of rotatable bonds is 3. The first kappa shape index (κ1) is 14.1. The Balaban J connectivity index is 0.00000120. The molecule has 1 aliphatic heterocycles. The van der Waals surface area contributed by atoms with Gasteiger partial charge in [0.2, 0.25) is 0 Å². The van der Waals surface area contributed by atoms with E-state index < -0.39 is 0 Å². The molecule has 100 valence electrons. The smallest absolute Gasteiger partial charge is 0.0569 e. The van der Waals surface area contributed by atoms with Gasteiger partial charge in [0.15, 0.2) is 0 Å². The van der Waals surface area contributed by atoms with Gasteiger partial charge in [-0.25, -0.2) is 0 Å². The van der Waals surface area contributed by atoms with E-state index in [2.05, 4.69) is 50.9 Å². The summed E-state index contributed by atoms with van der Waals surface area (Å²) in [6, 6.07) is 3.62. The quantitative estimate of drug-likeness (QED) is 0.848. The van der Waals surface area contributed by atoms with Crippen molar-refractivity contribution in [2.75, 3.05) is 25.5 Å². The number of fused-ring (bicyclic) bond motifs is 1. The zero-order valence-corrected chi connectivity index (χ0v) is 13.1. The molecular weight excluding hydrogens is 314 g/mol. The van der Waals surface area contributed by atoms with Gasteiger partial charge < -0.3 is 9.80 Å². The molecule has 18 heavy (non-hydrogen) atoms. The second kappa shape index (κ2) is 5.35. The predicted molar refractivity (Wildman–Crippen MR) is 80.5 cm³/mol. The summed E-state index contributed by atoms with van der Waals surface area (Å²) in [5.41, 5.74) is 1.27. The monoisotopic (exact) mass is 331 g/mol. The number of anilines is 1. The molecule has 1 aromatic rings. The third kappa shape index (κ3) is 2.65. The molecule has 0 N–H and O–H groups in total. The third-order valence-electron chi connectivity index (χ3n) is 3.78. The van der Waals surface area contributed by atoms with E-state index >= 15 is 0 Å². The van der Waals surface area contributed by atoms with Crippen molar-refractivity contribution in [3.8, 4) is 0 Å². The molecule has 0 spiro atoms. The average molecular weight is 333 g/mol. The summed E-state index contributed by atoms with van der Waals surface area (Å²) < 4.78 is 1.07. The zero-order chi connectivity index (χ0) is 12.0. The summed E-state index contributed by atoms with van der Waals surface area (Å²) in [6.45, 7) is 1.14. The lowest BCUT2D eigenvalue weighted by Crippen LogP contribution is -2.40. The van der Waals surface area contributed by atoms with Crippen molar-refractivity contribution in [3.05, 3.63) is 22.9 Å². The van der Waals surface area contributed by atoms with Crippen LogP contribution in [0.1, 0.15) is 12.8 Å². The number of nitrogens with zero attached hydrogens (tertiary/aromatic N) is 3. The highest BCUT2D eigenvalue weighted by Crippen LogP contribution is 2.49. The zero-order valence-electron chi connectivity index (χ0n) is 10.7. The van der Waals surface area contributed by atoms with Crippen LogP contribution in [0.3, 0.4) is 0 Å². The van der Waals surface area contributed by atoms with Gasteiger partial charge in [-0.1, -0.05) is 0 Å². The van der Waals surface area contributed by atoms with E-state index in [1.54, 1.807) is 0 Å². The van der Waals surface area contributed by atoms with Crippen LogP contribution in [0.25, 0.3) is 0 Å². The van der Waals surface area contributed by atoms with Crippen LogP contribution in [0.15, 0.2) is 22.9 Å². The Kier molecular flexibility index (Phi) is 4.19. The van der Waals surface area contributed by atoms with Gasteiger partial charge in [0.05, 0.1) is 11.9 Å². The van der Waals surface area contributed by atoms with Crippen molar-refractivity contribution in [2.24, 2.45) is 5.92 Å². The molecule has 1 aliphatic carbocycles. The van der Waals surface area contributed by atoms with Crippen LogP contribution in [0.2, 0.25) is 0 Å². The van der Waals surface area contributed by atoms with E-state index in [0.29, 0.717) is 6.04 Å². The number of piperidine rings is 1. The lowest BCUT2D eigenvalue weighted by molar-refractivity contribution is 0.361. The summed E-state index contributed by atoms with van der Waals surface area (Å²) in [4.78, 5) is 9.16. The summed E-state index contributed by atoms with van der Waals surface area (Å²) in [7, 11) is 4.31. The van der Waals surface area contributed by atoms with Crippen molar-refractivity contribution in [3.63, 3.8) is 0 Å². The van der Waals surface area contributed by atoms with Crippen molar-refractivity contribution >= 4 is 34.0 Å². The van der Waals surface area contributed by atoms with Crippen molar-refractivity contribution in [1.29, 1.82) is 0 Å². The lowest BCUT2D eigenvalue weighted by Gasteiger charge is -2.31. The second-order valence-corrected chi connectivity index (χ2v) is 6.40. The Morgan fingerprint density at radius 3 is 2.83 bits per heavy atom. The summed E-state index contributed by atoms with van der Waals surface area (Å²) in [5, 5.41) is 0. The summed E-state index contributed by atoms with van der Waals surface area (Å²) in [6.07, 6.45) is 6.56. The number of hydrogen-bond donors (Lipinski definition) is 0. The van der Waals surface area contributed by atoms with Crippen LogP contribution in [0, 0.1) is 5.92 Å². The highest BCUT2D eigenvalue weighted by molar-refractivity contribution is 9.10. The van der Waals surface area contributed by atoms with Crippen LogP contribution < -0.4 is 4.90 Å². The van der Waals surface area contributed by atoms with Gasteiger partial charge in [0, 0.05) is 29.3 Å². The van der Waals surface area contributed by atoms with E-state index in [1.807, 2.05) is 12.4 Å². The van der Waals surface area contributed by atoms with E-state index in [0.717, 1.165) is 23.0 Å². The van der Waals surface area contributed by atoms with Gasteiger partial charge in [-0.15, -0.1) is 12.4 Å². The van der Waals surface area contributed by atoms with Crippen LogP contribution in [-0.2, 0) is 0 Å². The highest BCUT2D eigenvalue weighted by atomic mass is 79.9. The normalized spacial score (nSPS) is 29.1. The molecule has 0 bridgehead atoms. The van der Waals surface area contributed by atoms with Crippen molar-refractivity contribution in [2.45, 2.75) is 24.9 Å². The largest absolute Gasteiger partial charge is 0.363 e. The third-order valence-corrected chi connectivity index (χ3v) is 4.21. The maximum Gasteiger partial charge on any atom is 0.0569 e. The van der Waals surface area contributed by atoms with Crippen LogP contribution in [0.5, 0.6) is 0 Å². The molecule has 1 saturated heterocycles. The molecule has 3 rings (SSSR count). The maximum atomic E-state index is 4.29. The summed E-state index contributed by atoms with van der Waals surface area (Å²) >= 11 is 3.51. The SMILES string of the molecule is CN(C)CC1CC2CC2N1c1cncc(Br)c1.Cl. The number of likely N-dealkylation sites (N-methyl/N-ethyl adjacent to an activating group) is 1. The maximum absolute atomic E-state index is 4.29. The number of hydrogen-bond acceptors (Lipinski definition) is 3. The fourth-order valence-electron chi connectivity index (χ4n) is 3.09. The molecule has 3 atom stereocenters. The van der Waals surface area contributed by atoms with Gasteiger partial charge in [0.25, 0.3) is 0 Å². The molecular formula is C13H19BrClN3. The minimum absolute atomic E-state index is 0. The number of pyridine rings is 1. The minimum atomic E-state index is 0. The molecule has 3 unspecified atom stereocenters. The molecule has 0 radical (unpaired) electrons. The van der Waals surface area contributed by atoms with Gasteiger partial charge in [0.1, 0.15) is 0 Å². The molecule has 1 aromatic heterocycles. The van der Waals surface area contributed by atoms with Crippen LogP contribution in [0.4, 0.5) is 5.69 Å². The molecule has 1 saturated carbocycles. The van der Waals surface area contributed by atoms with Gasteiger partial charge >= 0.3 is 0 Å². The number of halogens is 2. The topological polar surface area (TPSA) is 19.4 Å². The molecule has 2 heterocycles. The molecule has 5 heteroatoms. The highest BCUT2D eigenvalue weighted by Gasteiger charge is 2.51. The average Bonchev–Trinajstić information content (AvgIpc) is 2.89. The Bertz CT molecular complexity index is 426. The fraction of sp³-hybridized carbons (Fsp3) is 0.615. The first-order valence-corrected chi connectivity index (χ1v) is 6.98. The van der Waals surface area contributed by atoms with Gasteiger partial charge in [-0.3, -0.25) is 4.98 Å². The molecule has 0 amide bonds. The van der Waals surface area contributed by atoms with Crippen LogP contribution in [-0.4, -0.2) is 42.6 Å². The van der Waals surface area contributed by atoms with Crippen molar-refractivity contribution < 1.29 is 0 Å². The Morgan fingerprint density at radius 1 is 1.39 bits per heavy atom. The standard InChI is InChI=1S/C13H18BrN3.ClH/c1-16(2)8-12-3-9-4-13(9)17(12)11-5-10(14)6-15-7-11;/h5-7,9,12-13H,3-4,8H2,1-2H3;1H. The lowest BCUT2D eigenvalue weighted by atomic mass is 10.1. The Labute approximate surface area is 123 Å². The first-order chi connectivity index (χ1) is 8.15. The van der Waals surface area contributed by atoms with Gasteiger partial charge in [-0.05, 0) is 54.9 Å². The Hall–Kier alpha value is -0.320. The number of aromatic nitrogens is 1. The van der Waals surface area contributed by atoms with Gasteiger partial charge in [-0.2, -0.15) is 0 Å². The minimum Gasteiger partial charge on any atom is -0.363 e. The van der Waals surface area contributed by atoms with Crippen molar-refractivity contribution in [1.82, 2.24) is 9.88 Å².